The van der Waals surface area contributed by atoms with Gasteiger partial charge in [0.15, 0.2) is 0 Å². The molecule has 4 rings (SSSR count). The molecule has 2 heterocycles. The van der Waals surface area contributed by atoms with Crippen molar-refractivity contribution < 1.29 is 18.2 Å². The van der Waals surface area contributed by atoms with Crippen molar-refractivity contribution in [3.8, 4) is 0 Å². The van der Waals surface area contributed by atoms with Gasteiger partial charge in [-0.15, -0.1) is 0 Å². The summed E-state index contributed by atoms with van der Waals surface area (Å²) >= 11 is 0. The lowest BCUT2D eigenvalue weighted by Crippen LogP contribution is -2.57. The molecule has 2 saturated heterocycles. The average molecular weight is 408 g/mol. The lowest BCUT2D eigenvalue weighted by molar-refractivity contribution is -0.131. The summed E-state index contributed by atoms with van der Waals surface area (Å²) < 4.78 is 26.4. The van der Waals surface area contributed by atoms with Crippen LogP contribution in [-0.4, -0.2) is 55.7 Å². The molecule has 28 heavy (non-hydrogen) atoms. The van der Waals surface area contributed by atoms with Crippen LogP contribution in [0.4, 0.5) is 9.18 Å². The number of halogens is 1. The van der Waals surface area contributed by atoms with E-state index in [4.69, 9.17) is 0 Å². The number of rotatable bonds is 3. The van der Waals surface area contributed by atoms with Gasteiger partial charge in [0.25, 0.3) is 0 Å². The molecule has 1 unspecified atom stereocenters. The number of likely N-dealkylation sites (tertiary alicyclic amines) is 1. The van der Waals surface area contributed by atoms with Crippen molar-refractivity contribution in [2.45, 2.75) is 56.0 Å². The van der Waals surface area contributed by atoms with Crippen LogP contribution in [0, 0.1) is 5.82 Å². The minimum Gasteiger partial charge on any atom is -0.335 e. The molecule has 3 amide bonds. The fourth-order valence-electron chi connectivity index (χ4n) is 4.62. The molecule has 6 nitrogen and oxygen atoms in total. The number of hydrogen-bond acceptors (Lipinski definition) is 3. The van der Waals surface area contributed by atoms with E-state index < -0.39 is 15.7 Å². The summed E-state index contributed by atoms with van der Waals surface area (Å²) in [6.45, 7) is 1.19. The molecular formula is C20H26FN3O3S. The third kappa shape index (κ3) is 3.66. The van der Waals surface area contributed by atoms with Gasteiger partial charge in [-0.05, 0) is 30.5 Å². The summed E-state index contributed by atoms with van der Waals surface area (Å²) in [4.78, 5) is 27.7. The number of hydrogen-bond donors (Lipinski definition) is 1. The van der Waals surface area contributed by atoms with Crippen molar-refractivity contribution >= 4 is 22.7 Å². The van der Waals surface area contributed by atoms with E-state index in [9.17, 15) is 18.2 Å². The first-order chi connectivity index (χ1) is 13.5. The SMILES string of the molecule is O=C(NC1CCCC1)N1CCC2(CC1)N(Cc1cccc(F)c1)C(=O)CS2=O. The van der Waals surface area contributed by atoms with Gasteiger partial charge >= 0.3 is 6.03 Å². The maximum Gasteiger partial charge on any atom is 0.317 e. The molecule has 152 valence electrons. The summed E-state index contributed by atoms with van der Waals surface area (Å²) in [6, 6.07) is 6.36. The first-order valence-electron chi connectivity index (χ1n) is 9.97. The highest BCUT2D eigenvalue weighted by Crippen LogP contribution is 2.38. The van der Waals surface area contributed by atoms with Gasteiger partial charge in [0, 0.05) is 38.5 Å². The van der Waals surface area contributed by atoms with Crippen LogP contribution >= 0.6 is 0 Å². The zero-order valence-electron chi connectivity index (χ0n) is 15.9. The predicted octanol–water partition coefficient (Wildman–Crippen LogP) is 2.36. The van der Waals surface area contributed by atoms with Gasteiger partial charge in [-0.25, -0.2) is 9.18 Å². The molecule has 1 saturated carbocycles. The molecule has 1 aliphatic carbocycles. The lowest BCUT2D eigenvalue weighted by Gasteiger charge is -2.43. The first kappa shape index (κ1) is 19.4. The summed E-state index contributed by atoms with van der Waals surface area (Å²) in [7, 11) is -1.31. The van der Waals surface area contributed by atoms with E-state index in [1.165, 1.54) is 12.1 Å². The third-order valence-corrected chi connectivity index (χ3v) is 8.20. The molecule has 3 fully saturated rings. The van der Waals surface area contributed by atoms with Crippen LogP contribution in [0.2, 0.25) is 0 Å². The largest absolute Gasteiger partial charge is 0.335 e. The monoisotopic (exact) mass is 407 g/mol. The number of benzene rings is 1. The Kier molecular flexibility index (Phi) is 5.40. The number of amides is 3. The van der Waals surface area contributed by atoms with Crippen molar-refractivity contribution in [1.82, 2.24) is 15.1 Å². The van der Waals surface area contributed by atoms with Gasteiger partial charge < -0.3 is 15.1 Å². The highest BCUT2D eigenvalue weighted by molar-refractivity contribution is 7.87. The molecule has 0 radical (unpaired) electrons. The van der Waals surface area contributed by atoms with Gasteiger partial charge in [-0.3, -0.25) is 9.00 Å². The van der Waals surface area contributed by atoms with E-state index in [-0.39, 0.29) is 36.1 Å². The molecule has 1 aromatic carbocycles. The van der Waals surface area contributed by atoms with Crippen molar-refractivity contribution in [1.29, 1.82) is 0 Å². The van der Waals surface area contributed by atoms with Crippen LogP contribution in [0.3, 0.4) is 0 Å². The van der Waals surface area contributed by atoms with Crippen molar-refractivity contribution in [3.05, 3.63) is 35.6 Å². The number of carbonyl (C=O) groups is 2. The minimum absolute atomic E-state index is 0.00356. The molecule has 1 aromatic rings. The Morgan fingerprint density at radius 2 is 1.96 bits per heavy atom. The highest BCUT2D eigenvalue weighted by atomic mass is 32.2. The summed E-state index contributed by atoms with van der Waals surface area (Å²) in [5.41, 5.74) is 0.688. The van der Waals surface area contributed by atoms with Crippen LogP contribution < -0.4 is 5.32 Å². The van der Waals surface area contributed by atoms with E-state index in [1.807, 2.05) is 0 Å². The Labute approximate surface area is 166 Å². The third-order valence-electron chi connectivity index (χ3n) is 6.22. The Balaban J connectivity index is 1.44. The quantitative estimate of drug-likeness (QED) is 0.836. The van der Waals surface area contributed by atoms with Gasteiger partial charge in [0.2, 0.25) is 5.91 Å². The van der Waals surface area contributed by atoms with Gasteiger partial charge in [0.05, 0.1) is 10.8 Å². The molecule has 0 aromatic heterocycles. The first-order valence-corrected chi connectivity index (χ1v) is 11.3. The zero-order chi connectivity index (χ0) is 19.7. The van der Waals surface area contributed by atoms with Gasteiger partial charge in [-0.2, -0.15) is 0 Å². The summed E-state index contributed by atoms with van der Waals surface area (Å²) in [6.07, 6.45) is 5.35. The van der Waals surface area contributed by atoms with E-state index >= 15 is 0 Å². The van der Waals surface area contributed by atoms with E-state index in [2.05, 4.69) is 5.32 Å². The standard InChI is InChI=1S/C20H26FN3O3S/c21-16-5-3-4-15(12-16)13-24-18(25)14-28(27)20(24)8-10-23(11-9-20)19(26)22-17-6-1-2-7-17/h3-5,12,17H,1-2,6-11,13-14H2,(H,22,26). The van der Waals surface area contributed by atoms with Crippen LogP contribution in [-0.2, 0) is 22.1 Å². The number of nitrogens with one attached hydrogen (secondary N) is 1. The number of nitrogens with zero attached hydrogens (tertiary/aromatic N) is 2. The van der Waals surface area contributed by atoms with E-state index in [0.717, 1.165) is 25.7 Å². The summed E-state index contributed by atoms with van der Waals surface area (Å²) in [5, 5.41) is 3.09. The number of carbonyl (C=O) groups excluding carboxylic acids is 2. The Hall–Kier alpha value is -1.96. The fourth-order valence-corrected chi connectivity index (χ4v) is 6.32. The molecule has 1 N–H and O–H groups in total. The predicted molar refractivity (Wildman–Crippen MR) is 104 cm³/mol. The second-order valence-electron chi connectivity index (χ2n) is 7.96. The second kappa shape index (κ2) is 7.81. The molecule has 1 spiro atoms. The van der Waals surface area contributed by atoms with Crippen molar-refractivity contribution in [2.24, 2.45) is 0 Å². The Bertz CT molecular complexity index is 789. The van der Waals surface area contributed by atoms with Gasteiger partial charge in [0.1, 0.15) is 16.4 Å². The lowest BCUT2D eigenvalue weighted by atomic mass is 10.0. The number of urea groups is 1. The maximum absolute atomic E-state index is 13.5. The van der Waals surface area contributed by atoms with Crippen LogP contribution in [0.25, 0.3) is 0 Å². The Morgan fingerprint density at radius 1 is 1.25 bits per heavy atom. The molecule has 1 atom stereocenters. The zero-order valence-corrected chi connectivity index (χ0v) is 16.7. The second-order valence-corrected chi connectivity index (χ2v) is 9.70. The van der Waals surface area contributed by atoms with E-state index in [0.29, 0.717) is 31.5 Å². The van der Waals surface area contributed by atoms with Crippen molar-refractivity contribution in [3.63, 3.8) is 0 Å². The van der Waals surface area contributed by atoms with Crippen LogP contribution in [0.1, 0.15) is 44.1 Å². The number of piperidine rings is 1. The van der Waals surface area contributed by atoms with Crippen LogP contribution in [0.5, 0.6) is 0 Å². The maximum atomic E-state index is 13.5. The molecular weight excluding hydrogens is 381 g/mol. The smallest absolute Gasteiger partial charge is 0.317 e. The molecule has 0 bridgehead atoms. The van der Waals surface area contributed by atoms with E-state index in [1.54, 1.807) is 21.9 Å². The minimum atomic E-state index is -1.31. The summed E-state index contributed by atoms with van der Waals surface area (Å²) in [5.74, 6) is -0.506. The average Bonchev–Trinajstić information content (AvgIpc) is 3.25. The highest BCUT2D eigenvalue weighted by Gasteiger charge is 2.53. The molecule has 3 aliphatic rings. The normalized spacial score (nSPS) is 24.9. The van der Waals surface area contributed by atoms with Crippen LogP contribution in [0.15, 0.2) is 24.3 Å². The van der Waals surface area contributed by atoms with Gasteiger partial charge in [-0.1, -0.05) is 25.0 Å². The molecule has 8 heteroatoms. The topological polar surface area (TPSA) is 69.7 Å². The molecule has 2 aliphatic heterocycles. The van der Waals surface area contributed by atoms with Crippen molar-refractivity contribution in [2.75, 3.05) is 18.8 Å². The Morgan fingerprint density at radius 3 is 2.64 bits per heavy atom. The fraction of sp³-hybridized carbons (Fsp3) is 0.600.